The van der Waals surface area contributed by atoms with Crippen molar-refractivity contribution >= 4 is 17.5 Å². The van der Waals surface area contributed by atoms with Crippen LogP contribution in [-0.4, -0.2) is 25.2 Å². The van der Waals surface area contributed by atoms with Crippen molar-refractivity contribution in [1.82, 2.24) is 24.6 Å². The normalized spacial score (nSPS) is 12.0. The van der Waals surface area contributed by atoms with Crippen LogP contribution in [0.4, 0.5) is 4.39 Å². The van der Waals surface area contributed by atoms with Crippen LogP contribution in [0.15, 0.2) is 73.3 Å². The van der Waals surface area contributed by atoms with Gasteiger partial charge in [0.15, 0.2) is 0 Å². The van der Waals surface area contributed by atoms with Crippen molar-refractivity contribution in [3.8, 4) is 5.69 Å². The molecule has 0 aliphatic carbocycles. The zero-order valence-electron chi connectivity index (χ0n) is 15.5. The predicted octanol–water partition coefficient (Wildman–Crippen LogP) is 3.92. The molecular weight excluding hydrogens is 393 g/mol. The number of amides is 1. The van der Waals surface area contributed by atoms with E-state index in [1.54, 1.807) is 47.5 Å². The Kier molecular flexibility index (Phi) is 5.14. The minimum atomic E-state index is -0.540. The Balaban J connectivity index is 1.61. The van der Waals surface area contributed by atoms with Crippen LogP contribution in [0.25, 0.3) is 5.69 Å². The summed E-state index contributed by atoms with van der Waals surface area (Å²) in [7, 11) is 1.84. The molecule has 4 aromatic rings. The van der Waals surface area contributed by atoms with Gasteiger partial charge in [0.05, 0.1) is 17.4 Å². The molecule has 2 aromatic carbocycles. The first-order chi connectivity index (χ1) is 14.0. The highest BCUT2D eigenvalue weighted by molar-refractivity contribution is 6.30. The molecule has 0 radical (unpaired) electrons. The average Bonchev–Trinajstić information content (AvgIpc) is 3.37. The molecular formula is C21H17ClFN5O. The van der Waals surface area contributed by atoms with Crippen LogP contribution in [0.1, 0.15) is 27.8 Å². The van der Waals surface area contributed by atoms with E-state index in [9.17, 15) is 9.18 Å². The third kappa shape index (κ3) is 4.05. The quantitative estimate of drug-likeness (QED) is 0.543. The number of nitrogens with one attached hydrogen (secondary N) is 1. The van der Waals surface area contributed by atoms with Crippen LogP contribution >= 0.6 is 11.6 Å². The number of hydrogen-bond donors (Lipinski definition) is 1. The highest BCUT2D eigenvalue weighted by atomic mass is 35.5. The number of halogens is 2. The molecule has 0 fully saturated rings. The van der Waals surface area contributed by atoms with Crippen LogP contribution < -0.4 is 5.32 Å². The number of benzene rings is 2. The van der Waals surface area contributed by atoms with Gasteiger partial charge in [-0.3, -0.25) is 4.79 Å². The van der Waals surface area contributed by atoms with Crippen molar-refractivity contribution in [2.75, 3.05) is 0 Å². The number of carbonyl (C=O) groups excluding carboxylic acids is 1. The molecule has 0 saturated carbocycles. The van der Waals surface area contributed by atoms with E-state index in [1.807, 2.05) is 23.7 Å². The van der Waals surface area contributed by atoms with E-state index >= 15 is 0 Å². The summed E-state index contributed by atoms with van der Waals surface area (Å²) < 4.78 is 16.8. The van der Waals surface area contributed by atoms with Crippen LogP contribution in [0.5, 0.6) is 0 Å². The van der Waals surface area contributed by atoms with Gasteiger partial charge >= 0.3 is 0 Å². The molecule has 2 heterocycles. The van der Waals surface area contributed by atoms with Gasteiger partial charge in [-0.05, 0) is 42.0 Å². The summed E-state index contributed by atoms with van der Waals surface area (Å²) in [6, 6.07) is 12.6. The van der Waals surface area contributed by atoms with Gasteiger partial charge in [0, 0.05) is 30.7 Å². The Morgan fingerprint density at radius 2 is 1.86 bits per heavy atom. The fourth-order valence-electron chi connectivity index (χ4n) is 3.00. The smallest absolute Gasteiger partial charge is 0.255 e. The lowest BCUT2D eigenvalue weighted by molar-refractivity contribution is 0.0941. The third-order valence-electron chi connectivity index (χ3n) is 4.53. The molecule has 4 rings (SSSR count). The highest BCUT2D eigenvalue weighted by Crippen LogP contribution is 2.22. The van der Waals surface area contributed by atoms with E-state index in [1.165, 1.54) is 18.3 Å². The van der Waals surface area contributed by atoms with Gasteiger partial charge in [-0.1, -0.05) is 23.7 Å². The van der Waals surface area contributed by atoms with E-state index in [2.05, 4.69) is 15.4 Å². The van der Waals surface area contributed by atoms with Crippen molar-refractivity contribution < 1.29 is 9.18 Å². The lowest BCUT2D eigenvalue weighted by Crippen LogP contribution is -2.31. The molecule has 0 bridgehead atoms. The zero-order valence-corrected chi connectivity index (χ0v) is 16.2. The number of imidazole rings is 1. The van der Waals surface area contributed by atoms with Gasteiger partial charge in [0.1, 0.15) is 17.7 Å². The summed E-state index contributed by atoms with van der Waals surface area (Å²) in [5.41, 5.74) is 1.90. The second-order valence-corrected chi connectivity index (χ2v) is 6.94. The Bertz CT molecular complexity index is 1130. The zero-order chi connectivity index (χ0) is 20.4. The fourth-order valence-corrected chi connectivity index (χ4v) is 3.12. The minimum absolute atomic E-state index is 0.317. The molecule has 0 saturated heterocycles. The van der Waals surface area contributed by atoms with E-state index in [4.69, 9.17) is 11.6 Å². The molecule has 1 atom stereocenters. The number of aromatic nitrogens is 4. The predicted molar refractivity (Wildman–Crippen MR) is 107 cm³/mol. The van der Waals surface area contributed by atoms with Gasteiger partial charge in [-0.25, -0.2) is 14.1 Å². The Morgan fingerprint density at radius 1 is 1.14 bits per heavy atom. The van der Waals surface area contributed by atoms with Crippen molar-refractivity contribution in [3.05, 3.63) is 101 Å². The van der Waals surface area contributed by atoms with Crippen LogP contribution in [-0.2, 0) is 7.05 Å². The molecule has 2 aromatic heterocycles. The number of nitrogens with zero attached hydrogens (tertiary/aromatic N) is 4. The van der Waals surface area contributed by atoms with Gasteiger partial charge in [0.25, 0.3) is 5.91 Å². The number of rotatable bonds is 5. The van der Waals surface area contributed by atoms with E-state index < -0.39 is 6.04 Å². The van der Waals surface area contributed by atoms with Crippen molar-refractivity contribution in [2.45, 2.75) is 6.04 Å². The molecule has 0 unspecified atom stereocenters. The molecule has 8 heteroatoms. The molecule has 29 heavy (non-hydrogen) atoms. The van der Waals surface area contributed by atoms with Crippen LogP contribution in [0.2, 0.25) is 5.02 Å². The number of aryl methyl sites for hydroxylation is 1. The summed E-state index contributed by atoms with van der Waals surface area (Å²) in [5, 5.41) is 7.84. The van der Waals surface area contributed by atoms with Crippen LogP contribution in [0, 0.1) is 5.82 Å². The van der Waals surface area contributed by atoms with E-state index in [0.717, 1.165) is 11.3 Å². The van der Waals surface area contributed by atoms with Gasteiger partial charge in [0.2, 0.25) is 0 Å². The Labute approximate surface area is 171 Å². The maximum Gasteiger partial charge on any atom is 0.255 e. The first-order valence-electron chi connectivity index (χ1n) is 8.85. The minimum Gasteiger partial charge on any atom is -0.338 e. The lowest BCUT2D eigenvalue weighted by atomic mass is 10.1. The average molecular weight is 410 g/mol. The van der Waals surface area contributed by atoms with Crippen molar-refractivity contribution in [1.29, 1.82) is 0 Å². The standard InChI is InChI=1S/C21H17ClFN5O/c1-27-11-10-24-20(27)19(14-2-6-17(23)7-3-14)26-21(29)15-12-25-28(13-15)18-8-4-16(22)5-9-18/h2-13,19H,1H3,(H,26,29)/t19-/m0/s1. The third-order valence-corrected chi connectivity index (χ3v) is 4.78. The molecule has 0 aliphatic rings. The molecule has 1 N–H and O–H groups in total. The topological polar surface area (TPSA) is 64.7 Å². The van der Waals surface area contributed by atoms with Crippen LogP contribution in [0.3, 0.4) is 0 Å². The van der Waals surface area contributed by atoms with Crippen molar-refractivity contribution in [3.63, 3.8) is 0 Å². The van der Waals surface area contributed by atoms with Gasteiger partial charge in [-0.2, -0.15) is 5.10 Å². The second-order valence-electron chi connectivity index (χ2n) is 6.50. The molecule has 1 amide bonds. The first-order valence-corrected chi connectivity index (χ1v) is 9.23. The molecule has 0 spiro atoms. The fraction of sp³-hybridized carbons (Fsp3) is 0.0952. The largest absolute Gasteiger partial charge is 0.338 e. The summed E-state index contributed by atoms with van der Waals surface area (Å²) in [6.45, 7) is 0. The SMILES string of the molecule is Cn1ccnc1[C@@H](NC(=O)c1cnn(-c2ccc(Cl)cc2)c1)c1ccc(F)cc1. The Morgan fingerprint density at radius 3 is 2.52 bits per heavy atom. The lowest BCUT2D eigenvalue weighted by Gasteiger charge is -2.18. The first kappa shape index (κ1) is 18.9. The monoisotopic (exact) mass is 409 g/mol. The molecule has 146 valence electrons. The summed E-state index contributed by atoms with van der Waals surface area (Å²) in [5.74, 6) is -0.0273. The van der Waals surface area contributed by atoms with E-state index in [0.29, 0.717) is 16.4 Å². The van der Waals surface area contributed by atoms with Gasteiger partial charge in [-0.15, -0.1) is 0 Å². The number of hydrogen-bond acceptors (Lipinski definition) is 3. The molecule has 6 nitrogen and oxygen atoms in total. The van der Waals surface area contributed by atoms with E-state index in [-0.39, 0.29) is 11.7 Å². The number of carbonyl (C=O) groups is 1. The maximum atomic E-state index is 13.4. The second kappa shape index (κ2) is 7.89. The highest BCUT2D eigenvalue weighted by Gasteiger charge is 2.22. The van der Waals surface area contributed by atoms with Gasteiger partial charge < -0.3 is 9.88 Å². The summed E-state index contributed by atoms with van der Waals surface area (Å²) >= 11 is 5.92. The summed E-state index contributed by atoms with van der Waals surface area (Å²) in [6.07, 6.45) is 6.57. The maximum absolute atomic E-state index is 13.4. The molecule has 0 aliphatic heterocycles. The Hall–Kier alpha value is -3.45. The van der Waals surface area contributed by atoms with Crippen molar-refractivity contribution in [2.24, 2.45) is 7.05 Å². The summed E-state index contributed by atoms with van der Waals surface area (Å²) in [4.78, 5) is 17.2.